The molecule has 666 valence electrons. The lowest BCUT2D eigenvalue weighted by molar-refractivity contribution is -0.258. The summed E-state index contributed by atoms with van der Waals surface area (Å²) in [4.78, 5) is 75.5. The van der Waals surface area contributed by atoms with Gasteiger partial charge >= 0.3 is 6.18 Å². The fourth-order valence-electron chi connectivity index (χ4n) is 15.6. The van der Waals surface area contributed by atoms with Crippen LogP contribution in [0.25, 0.3) is 22.7 Å². The number of nitrogens with zero attached hydrogens (tertiary/aromatic N) is 18. The van der Waals surface area contributed by atoms with Gasteiger partial charge in [-0.2, -0.15) is 73.1 Å². The highest BCUT2D eigenvalue weighted by Crippen LogP contribution is 2.41. The van der Waals surface area contributed by atoms with Crippen LogP contribution in [0, 0.1) is 0 Å². The number of carbonyl (C=O) groups excluding carboxylic acids is 4. The summed E-state index contributed by atoms with van der Waals surface area (Å²) < 4.78 is 64.1. The third-order valence-electron chi connectivity index (χ3n) is 23.4. The van der Waals surface area contributed by atoms with Gasteiger partial charge in [-0.25, -0.2) is 9.97 Å². The average Bonchev–Trinajstić information content (AvgIpc) is 1.47. The molecule has 0 radical (unpaired) electrons. The Kier molecular flexibility index (Phi) is 29.2. The Morgan fingerprint density at radius 2 is 0.693 bits per heavy atom. The monoisotopic (exact) mass is 1740 g/mol. The molecule has 10 heterocycles. The standard InChI is InChI=1S/C24H25F3N4O3.C24H29N5O3.C23H27N5O3.C23H26N4O3/c1-16-10-11-19(34-18-7-5-6-17(14-18)23(2,33)24(25,26)27)15-30(16)22(32)20-8-3-4-9-21(20)31-28-12-13-29-31;1-4-24(3,31)18-11-12-25-22(15-18)32-19-10-9-17(2)28(16-19)23(30)20-7-5-6-8-21(20)29-26-13-14-27-29;1-16-8-9-18(31-21-14-17(10-11-24-21)23(2,3)30)15-27(16)22(29)19-6-4-5-7-20(19)28-25-12-13-26-28;1-16-10-11-20(30-19-7-5-6-18(14-19)17(2)28)15-26(16)23(29)21-8-3-4-9-22(21)27-24-12-13-25-27/h3-9,12-14,16,19,33H,10-11,15H2,1-2H3;5-8,11-15,17,19,31H,4,9-10,16H2,1-3H3;4-7,10-14,16,18,30H,8-9,15H2,1-3H3;3-9,12-14,16-17,20,28H,10-11,15H2,1-2H3/t16-,19-,23?;17-,19-,24?;16-,18-;16-,17?,20-/m1111/s1. The van der Waals surface area contributed by atoms with Gasteiger partial charge in [0.25, 0.3) is 23.6 Å². The summed E-state index contributed by atoms with van der Waals surface area (Å²) in [7, 11) is 0. The van der Waals surface area contributed by atoms with E-state index in [2.05, 4.69) is 71.5 Å². The number of aromatic nitrogens is 14. The minimum atomic E-state index is -4.83. The molecule has 4 saturated heterocycles. The summed E-state index contributed by atoms with van der Waals surface area (Å²) >= 11 is 0. The molecule has 3 unspecified atom stereocenters. The fraction of sp³-hybridized carbons (Fsp3) is 0.383. The number of amides is 4. The molecule has 11 atom stereocenters. The number of hydrogen-bond donors (Lipinski definition) is 4. The number of aliphatic hydroxyl groups is 4. The van der Waals surface area contributed by atoms with Gasteiger partial charge in [-0.15, -0.1) is 0 Å². The summed E-state index contributed by atoms with van der Waals surface area (Å²) in [6.07, 6.45) is 16.5. The van der Waals surface area contributed by atoms with E-state index in [1.807, 2.05) is 113 Å². The van der Waals surface area contributed by atoms with Crippen molar-refractivity contribution in [2.45, 2.75) is 205 Å². The molecule has 4 aliphatic heterocycles. The number of para-hydroxylation sites is 4. The van der Waals surface area contributed by atoms with Crippen molar-refractivity contribution in [2.24, 2.45) is 0 Å². The Hall–Kier alpha value is -13.1. The van der Waals surface area contributed by atoms with E-state index in [4.69, 9.17) is 18.9 Å². The SMILES string of the molecule is CC(O)c1cccc(O[C@@H]2CC[C@@H](C)N(C(=O)c3ccccc3-n3nccn3)C2)c1.CCC(C)(O)c1ccnc(O[C@@H]2CC[C@@H](C)N(C(=O)c3ccccc3-n3nccn3)C2)c1.C[C@@H]1CC[C@@H](Oc2cc(C(C)(C)O)ccn2)CN1C(=O)c1ccccc1-n1nccn1.C[C@@H]1CC[C@@H](Oc2cccc(C(C)(O)C(F)(F)F)c2)CN1C(=O)c1ccccc1-n1nccn1. The minimum Gasteiger partial charge on any atom is -0.489 e. The van der Waals surface area contributed by atoms with E-state index in [0.29, 0.717) is 108 Å². The zero-order valence-corrected chi connectivity index (χ0v) is 72.6. The number of rotatable bonds is 21. The second-order valence-corrected chi connectivity index (χ2v) is 33.1. The van der Waals surface area contributed by atoms with Crippen LogP contribution in [-0.4, -0.2) is 215 Å². The zero-order valence-electron chi connectivity index (χ0n) is 72.6. The van der Waals surface area contributed by atoms with Crippen molar-refractivity contribution >= 4 is 23.6 Å². The predicted octanol–water partition coefficient (Wildman–Crippen LogP) is 13.8. The minimum absolute atomic E-state index is 0.0525. The molecular weight excluding hydrogens is 1630 g/mol. The topological polar surface area (TPSA) is 348 Å². The number of halogens is 3. The number of likely N-dealkylation sites (tertiary alicyclic amines) is 4. The van der Waals surface area contributed by atoms with Gasteiger partial charge in [-0.3, -0.25) is 19.2 Å². The van der Waals surface area contributed by atoms with E-state index in [1.54, 1.807) is 149 Å². The van der Waals surface area contributed by atoms with Gasteiger partial charge in [0.1, 0.15) is 35.9 Å². The first-order chi connectivity index (χ1) is 60.8. The number of carbonyl (C=O) groups is 4. The molecule has 4 fully saturated rings. The Morgan fingerprint density at radius 3 is 1.02 bits per heavy atom. The second-order valence-electron chi connectivity index (χ2n) is 33.1. The zero-order chi connectivity index (χ0) is 90.3. The van der Waals surface area contributed by atoms with Gasteiger partial charge in [0.05, 0.1) is 138 Å². The Bertz CT molecular complexity index is 5640. The second kappa shape index (κ2) is 40.5. The first-order valence-corrected chi connectivity index (χ1v) is 42.6. The van der Waals surface area contributed by atoms with Crippen LogP contribution in [0.2, 0.25) is 0 Å². The molecule has 0 aliphatic carbocycles. The lowest BCUT2D eigenvalue weighted by Gasteiger charge is -2.38. The van der Waals surface area contributed by atoms with E-state index < -0.39 is 35.2 Å². The normalized spacial score (nSPS) is 20.1. The molecule has 6 aromatic carbocycles. The van der Waals surface area contributed by atoms with Gasteiger partial charge in [0, 0.05) is 48.7 Å². The van der Waals surface area contributed by atoms with E-state index in [0.717, 1.165) is 55.2 Å². The maximum absolute atomic E-state index is 13.5. The van der Waals surface area contributed by atoms with Crippen LogP contribution in [0.5, 0.6) is 23.3 Å². The maximum atomic E-state index is 13.5. The van der Waals surface area contributed by atoms with Crippen LogP contribution in [0.15, 0.2) is 232 Å². The van der Waals surface area contributed by atoms with Crippen LogP contribution in [0.1, 0.15) is 197 Å². The van der Waals surface area contributed by atoms with Crippen LogP contribution in [-0.2, 0) is 16.8 Å². The molecule has 4 N–H and O–H groups in total. The molecule has 4 aliphatic rings. The van der Waals surface area contributed by atoms with Crippen molar-refractivity contribution in [3.8, 4) is 46.0 Å². The lowest BCUT2D eigenvalue weighted by atomic mass is 9.94. The molecule has 30 nitrogen and oxygen atoms in total. The number of ether oxygens (including phenoxy) is 4. The molecular formula is C94H107F3N18O12. The van der Waals surface area contributed by atoms with Gasteiger partial charge in [0.2, 0.25) is 11.8 Å². The number of aliphatic hydroxyl groups excluding tert-OH is 1. The highest BCUT2D eigenvalue weighted by Gasteiger charge is 2.51. The molecule has 12 aromatic rings. The summed E-state index contributed by atoms with van der Waals surface area (Å²) in [6, 6.07) is 49.3. The van der Waals surface area contributed by atoms with Crippen LogP contribution < -0.4 is 18.9 Å². The number of alkyl halides is 3. The fourth-order valence-corrected chi connectivity index (χ4v) is 15.6. The van der Waals surface area contributed by atoms with Crippen LogP contribution in [0.3, 0.4) is 0 Å². The van der Waals surface area contributed by atoms with Gasteiger partial charge in [-0.1, -0.05) is 79.7 Å². The molecule has 0 saturated carbocycles. The number of piperidine rings is 4. The molecule has 4 amide bonds. The highest BCUT2D eigenvalue weighted by molar-refractivity contribution is 6.00. The van der Waals surface area contributed by atoms with Crippen molar-refractivity contribution in [3.05, 3.63) is 276 Å². The van der Waals surface area contributed by atoms with Gasteiger partial charge in [0.15, 0.2) is 5.60 Å². The number of hydrogen-bond acceptors (Lipinski definition) is 22. The molecule has 33 heteroatoms. The smallest absolute Gasteiger partial charge is 0.421 e. The largest absolute Gasteiger partial charge is 0.489 e. The Labute approximate surface area is 734 Å². The third kappa shape index (κ3) is 22.4. The Balaban J connectivity index is 0.000000145. The number of pyridine rings is 2. The summed E-state index contributed by atoms with van der Waals surface area (Å²) in [5.41, 5.74) is 1.69. The van der Waals surface area contributed by atoms with Crippen molar-refractivity contribution in [1.82, 2.24) is 89.5 Å². The van der Waals surface area contributed by atoms with Crippen LogP contribution in [0.4, 0.5) is 13.2 Å². The molecule has 6 aromatic heterocycles. The van der Waals surface area contributed by atoms with Crippen molar-refractivity contribution in [2.75, 3.05) is 26.2 Å². The van der Waals surface area contributed by atoms with Crippen LogP contribution >= 0.6 is 0 Å². The predicted molar refractivity (Wildman–Crippen MR) is 465 cm³/mol. The first-order valence-electron chi connectivity index (χ1n) is 42.6. The molecule has 127 heavy (non-hydrogen) atoms. The summed E-state index contributed by atoms with van der Waals surface area (Å²) in [5, 5.41) is 73.9. The van der Waals surface area contributed by atoms with Crippen molar-refractivity contribution in [3.63, 3.8) is 0 Å². The van der Waals surface area contributed by atoms with E-state index in [-0.39, 0.29) is 84.0 Å². The van der Waals surface area contributed by atoms with Gasteiger partial charge < -0.3 is 59.0 Å². The van der Waals surface area contributed by atoms with E-state index >= 15 is 0 Å². The van der Waals surface area contributed by atoms with E-state index in [9.17, 15) is 52.8 Å². The Morgan fingerprint density at radius 1 is 0.386 bits per heavy atom. The van der Waals surface area contributed by atoms with Crippen molar-refractivity contribution < 1.29 is 71.7 Å². The van der Waals surface area contributed by atoms with E-state index in [1.165, 1.54) is 49.8 Å². The molecule has 0 bridgehead atoms. The first kappa shape index (κ1) is 91.6. The quantitative estimate of drug-likeness (QED) is 0.0519. The lowest BCUT2D eigenvalue weighted by Crippen LogP contribution is -2.49. The summed E-state index contributed by atoms with van der Waals surface area (Å²) in [5.74, 6) is 1.42. The molecule has 0 spiro atoms. The molecule has 16 rings (SSSR count). The highest BCUT2D eigenvalue weighted by atomic mass is 19.4. The third-order valence-corrected chi connectivity index (χ3v) is 23.4. The average molecular weight is 1740 g/mol. The van der Waals surface area contributed by atoms with Gasteiger partial charge in [-0.05, 0) is 227 Å². The summed E-state index contributed by atoms with van der Waals surface area (Å²) in [6.45, 7) is 19.4. The maximum Gasteiger partial charge on any atom is 0.421 e. The number of benzene rings is 6. The van der Waals surface area contributed by atoms with Crippen molar-refractivity contribution in [1.29, 1.82) is 0 Å².